The van der Waals surface area contributed by atoms with Crippen LogP contribution in [0.4, 0.5) is 0 Å². The predicted molar refractivity (Wildman–Crippen MR) is 54.2 cm³/mol. The van der Waals surface area contributed by atoms with E-state index in [0.717, 1.165) is 18.3 Å². The zero-order valence-corrected chi connectivity index (χ0v) is 9.01. The smallest absolute Gasteiger partial charge is 0.0514 e. The Hall–Kier alpha value is -0.0400. The molecule has 0 heterocycles. The molecule has 0 saturated carbocycles. The topological polar surface area (TPSA) is 20.2 Å². The first-order chi connectivity index (χ1) is 5.56. The Morgan fingerprint density at radius 3 is 2.00 bits per heavy atom. The maximum atomic E-state index is 9.26. The molecule has 2 atom stereocenters. The molecule has 0 radical (unpaired) electrons. The van der Waals surface area contributed by atoms with E-state index in [4.69, 9.17) is 0 Å². The van der Waals surface area contributed by atoms with E-state index in [2.05, 4.69) is 20.8 Å². The Balaban J connectivity index is 3.69. The van der Waals surface area contributed by atoms with Crippen LogP contribution in [0.1, 0.15) is 53.4 Å². The van der Waals surface area contributed by atoms with Crippen LogP contribution in [0.15, 0.2) is 0 Å². The molecule has 0 aliphatic carbocycles. The van der Waals surface area contributed by atoms with Crippen LogP contribution in [0.2, 0.25) is 0 Å². The molecule has 2 unspecified atom stereocenters. The fourth-order valence-electron chi connectivity index (χ4n) is 1.89. The highest BCUT2D eigenvalue weighted by atomic mass is 16.3. The van der Waals surface area contributed by atoms with Gasteiger partial charge in [0.2, 0.25) is 0 Å². The van der Waals surface area contributed by atoms with E-state index in [-0.39, 0.29) is 6.10 Å². The molecule has 1 heteroatoms. The lowest BCUT2D eigenvalue weighted by atomic mass is 9.89. The van der Waals surface area contributed by atoms with Gasteiger partial charge in [-0.2, -0.15) is 0 Å². The molecular weight excluding hydrogens is 148 g/mol. The lowest BCUT2D eigenvalue weighted by molar-refractivity contribution is 0.149. The molecule has 1 nitrogen and oxygen atoms in total. The summed E-state index contributed by atoms with van der Waals surface area (Å²) in [5, 5.41) is 9.26. The van der Waals surface area contributed by atoms with Gasteiger partial charge in [-0.3, -0.25) is 0 Å². The Morgan fingerprint density at radius 2 is 1.67 bits per heavy atom. The molecule has 0 fully saturated rings. The van der Waals surface area contributed by atoms with Crippen molar-refractivity contribution in [1.82, 2.24) is 0 Å². The fourth-order valence-corrected chi connectivity index (χ4v) is 1.89. The van der Waals surface area contributed by atoms with E-state index in [1.54, 1.807) is 0 Å². The van der Waals surface area contributed by atoms with Gasteiger partial charge in [-0.15, -0.1) is 0 Å². The van der Waals surface area contributed by atoms with Crippen molar-refractivity contribution in [3.63, 3.8) is 0 Å². The molecule has 0 aliphatic rings. The van der Waals surface area contributed by atoms with Crippen LogP contribution in [0, 0.1) is 11.8 Å². The summed E-state index contributed by atoms with van der Waals surface area (Å²) < 4.78 is 0. The van der Waals surface area contributed by atoms with E-state index in [9.17, 15) is 5.11 Å². The van der Waals surface area contributed by atoms with Gasteiger partial charge in [-0.1, -0.05) is 33.6 Å². The third kappa shape index (κ3) is 6.66. The first kappa shape index (κ1) is 12.0. The van der Waals surface area contributed by atoms with Gasteiger partial charge in [0.15, 0.2) is 0 Å². The van der Waals surface area contributed by atoms with E-state index in [1.165, 1.54) is 19.3 Å². The number of rotatable bonds is 6. The number of hydrogen-bond donors (Lipinski definition) is 1. The molecule has 1 N–H and O–H groups in total. The van der Waals surface area contributed by atoms with Gasteiger partial charge in [0, 0.05) is 0 Å². The van der Waals surface area contributed by atoms with Crippen molar-refractivity contribution in [2.75, 3.05) is 0 Å². The molecule has 0 aromatic heterocycles. The summed E-state index contributed by atoms with van der Waals surface area (Å²) >= 11 is 0. The fraction of sp³-hybridized carbons (Fsp3) is 1.00. The summed E-state index contributed by atoms with van der Waals surface area (Å²) in [6.07, 6.45) is 4.62. The third-order valence-corrected chi connectivity index (χ3v) is 2.18. The molecule has 0 aromatic rings. The minimum Gasteiger partial charge on any atom is -0.393 e. The van der Waals surface area contributed by atoms with Crippen molar-refractivity contribution in [3.05, 3.63) is 0 Å². The van der Waals surface area contributed by atoms with Crippen molar-refractivity contribution in [2.24, 2.45) is 11.8 Å². The van der Waals surface area contributed by atoms with Crippen molar-refractivity contribution < 1.29 is 5.11 Å². The van der Waals surface area contributed by atoms with Crippen LogP contribution in [-0.2, 0) is 0 Å². The summed E-state index contributed by atoms with van der Waals surface area (Å²) in [5.41, 5.74) is 0. The Kier molecular flexibility index (Phi) is 6.45. The van der Waals surface area contributed by atoms with Gasteiger partial charge in [0.05, 0.1) is 6.10 Å². The van der Waals surface area contributed by atoms with Crippen LogP contribution in [0.25, 0.3) is 0 Å². The number of aliphatic hydroxyl groups is 1. The third-order valence-electron chi connectivity index (χ3n) is 2.18. The minimum absolute atomic E-state index is 0.125. The predicted octanol–water partition coefficient (Wildman–Crippen LogP) is 3.22. The first-order valence-corrected chi connectivity index (χ1v) is 5.24. The van der Waals surface area contributed by atoms with Crippen molar-refractivity contribution in [3.8, 4) is 0 Å². The molecule has 0 aliphatic heterocycles. The monoisotopic (exact) mass is 172 g/mol. The van der Waals surface area contributed by atoms with Gasteiger partial charge in [-0.25, -0.2) is 0 Å². The maximum Gasteiger partial charge on any atom is 0.0514 e. The van der Waals surface area contributed by atoms with Gasteiger partial charge in [-0.05, 0) is 31.6 Å². The second-order valence-electron chi connectivity index (χ2n) is 4.37. The molecular formula is C11H24O. The van der Waals surface area contributed by atoms with Crippen LogP contribution in [-0.4, -0.2) is 11.2 Å². The second-order valence-corrected chi connectivity index (χ2v) is 4.37. The van der Waals surface area contributed by atoms with Gasteiger partial charge in [0.1, 0.15) is 0 Å². The highest BCUT2D eigenvalue weighted by molar-refractivity contribution is 4.64. The summed E-state index contributed by atoms with van der Waals surface area (Å²) in [6.45, 7) is 8.62. The minimum atomic E-state index is -0.125. The van der Waals surface area contributed by atoms with E-state index >= 15 is 0 Å². The molecule has 0 spiro atoms. The van der Waals surface area contributed by atoms with Crippen molar-refractivity contribution in [2.45, 2.75) is 59.5 Å². The number of hydrogen-bond acceptors (Lipinski definition) is 1. The SMILES string of the molecule is CCCC(CC(C)C)CC(C)O. The highest BCUT2D eigenvalue weighted by Crippen LogP contribution is 2.21. The van der Waals surface area contributed by atoms with Gasteiger partial charge in [0.25, 0.3) is 0 Å². The molecule has 0 aromatic carbocycles. The van der Waals surface area contributed by atoms with E-state index < -0.39 is 0 Å². The molecule has 12 heavy (non-hydrogen) atoms. The van der Waals surface area contributed by atoms with Crippen molar-refractivity contribution >= 4 is 0 Å². The quantitative estimate of drug-likeness (QED) is 0.652. The van der Waals surface area contributed by atoms with Gasteiger partial charge < -0.3 is 5.11 Å². The standard InChI is InChI=1S/C11H24O/c1-5-6-11(7-9(2)3)8-10(4)12/h9-12H,5-8H2,1-4H3. The van der Waals surface area contributed by atoms with Crippen LogP contribution in [0.5, 0.6) is 0 Å². The van der Waals surface area contributed by atoms with Crippen LogP contribution < -0.4 is 0 Å². The average Bonchev–Trinajstić information content (AvgIpc) is 1.84. The van der Waals surface area contributed by atoms with Crippen LogP contribution >= 0.6 is 0 Å². The summed E-state index contributed by atoms with van der Waals surface area (Å²) in [5.74, 6) is 1.50. The molecule has 0 rings (SSSR count). The zero-order chi connectivity index (χ0) is 9.56. The summed E-state index contributed by atoms with van der Waals surface area (Å²) in [4.78, 5) is 0. The lowest BCUT2D eigenvalue weighted by Crippen LogP contribution is -2.12. The largest absolute Gasteiger partial charge is 0.393 e. The molecule has 0 saturated heterocycles. The summed E-state index contributed by atoms with van der Waals surface area (Å²) in [7, 11) is 0. The zero-order valence-electron chi connectivity index (χ0n) is 9.01. The van der Waals surface area contributed by atoms with Gasteiger partial charge >= 0.3 is 0 Å². The Labute approximate surface area is 77.2 Å². The molecule has 0 amide bonds. The first-order valence-electron chi connectivity index (χ1n) is 5.24. The average molecular weight is 172 g/mol. The number of aliphatic hydroxyl groups excluding tert-OH is 1. The summed E-state index contributed by atoms with van der Waals surface area (Å²) in [6, 6.07) is 0. The Bertz CT molecular complexity index is 87.2. The maximum absolute atomic E-state index is 9.26. The van der Waals surface area contributed by atoms with Crippen LogP contribution in [0.3, 0.4) is 0 Å². The normalized spacial score (nSPS) is 16.5. The van der Waals surface area contributed by atoms with E-state index in [1.807, 2.05) is 6.92 Å². The van der Waals surface area contributed by atoms with E-state index in [0.29, 0.717) is 0 Å². The highest BCUT2D eigenvalue weighted by Gasteiger charge is 2.12. The lowest BCUT2D eigenvalue weighted by Gasteiger charge is -2.19. The second kappa shape index (κ2) is 6.47. The van der Waals surface area contributed by atoms with Crippen molar-refractivity contribution in [1.29, 1.82) is 0 Å². The molecule has 0 bridgehead atoms. The Morgan fingerprint density at radius 1 is 1.08 bits per heavy atom. The molecule has 74 valence electrons.